The van der Waals surface area contributed by atoms with Crippen molar-refractivity contribution in [3.8, 4) is 5.75 Å². The fourth-order valence-corrected chi connectivity index (χ4v) is 2.79. The monoisotopic (exact) mass is 248 g/mol. The molecule has 2 aliphatic rings. The highest BCUT2D eigenvalue weighted by molar-refractivity contribution is 5.54. The molecule has 0 spiro atoms. The average molecular weight is 248 g/mol. The molecule has 2 fully saturated rings. The summed E-state index contributed by atoms with van der Waals surface area (Å²) in [6.45, 7) is 4.49. The number of phenols is 1. The molecule has 98 valence electrons. The van der Waals surface area contributed by atoms with Gasteiger partial charge in [0.2, 0.25) is 0 Å². The number of nitrogens with one attached hydrogen (secondary N) is 1. The molecule has 1 aromatic rings. The Hall–Kier alpha value is -1.26. The van der Waals surface area contributed by atoms with Crippen LogP contribution >= 0.6 is 0 Å². The smallest absolute Gasteiger partial charge is 0.120 e. The lowest BCUT2D eigenvalue weighted by atomic mass is 10.0. The normalized spacial score (nSPS) is 24.4. The number of phenolic OH excluding ortho intramolecular Hbond substituents is 1. The Morgan fingerprint density at radius 1 is 1.28 bits per heavy atom. The Balaban J connectivity index is 1.84. The molecule has 2 saturated heterocycles. The quantitative estimate of drug-likeness (QED) is 0.835. The van der Waals surface area contributed by atoms with E-state index in [-0.39, 0.29) is 0 Å². The van der Waals surface area contributed by atoms with Crippen molar-refractivity contribution >= 4 is 5.69 Å². The van der Waals surface area contributed by atoms with Crippen LogP contribution in [0.3, 0.4) is 0 Å². The molecule has 4 heteroatoms. The van der Waals surface area contributed by atoms with E-state index in [4.69, 9.17) is 4.74 Å². The third kappa shape index (κ3) is 2.31. The summed E-state index contributed by atoms with van der Waals surface area (Å²) in [4.78, 5) is 2.32. The highest BCUT2D eigenvalue weighted by Crippen LogP contribution is 2.33. The van der Waals surface area contributed by atoms with Crippen LogP contribution in [0.5, 0.6) is 5.75 Å². The minimum atomic E-state index is 0.311. The zero-order valence-electron chi connectivity index (χ0n) is 10.6. The summed E-state index contributed by atoms with van der Waals surface area (Å²) >= 11 is 0. The summed E-state index contributed by atoms with van der Waals surface area (Å²) < 4.78 is 5.37. The molecule has 0 bridgehead atoms. The maximum atomic E-state index is 10.0. The van der Waals surface area contributed by atoms with Crippen molar-refractivity contribution in [3.05, 3.63) is 23.8 Å². The molecule has 1 atom stereocenters. The molecule has 2 N–H and O–H groups in total. The van der Waals surface area contributed by atoms with E-state index in [0.717, 1.165) is 44.8 Å². The number of ether oxygens (including phenoxy) is 1. The van der Waals surface area contributed by atoms with Crippen molar-refractivity contribution in [1.29, 1.82) is 0 Å². The van der Waals surface area contributed by atoms with Crippen molar-refractivity contribution in [2.24, 2.45) is 0 Å². The second-order valence-corrected chi connectivity index (χ2v) is 4.99. The molecule has 0 aliphatic carbocycles. The molecule has 3 rings (SSSR count). The standard InChI is InChI=1S/C14H20N2O2/c17-14-4-3-11(16-6-8-18-9-7-16)10-12(14)13-2-1-5-15-13/h3-4,10,13,15,17H,1-2,5-9H2. The number of nitrogens with zero attached hydrogens (tertiary/aromatic N) is 1. The van der Waals surface area contributed by atoms with Gasteiger partial charge in [-0.15, -0.1) is 0 Å². The number of hydrogen-bond acceptors (Lipinski definition) is 4. The molecule has 18 heavy (non-hydrogen) atoms. The molecule has 1 aromatic carbocycles. The Kier molecular flexibility index (Phi) is 3.39. The summed E-state index contributed by atoms with van der Waals surface area (Å²) in [5.41, 5.74) is 2.23. The first kappa shape index (κ1) is 11.8. The van der Waals surface area contributed by atoms with Gasteiger partial charge in [0.1, 0.15) is 5.75 Å². The Labute approximate surface area is 108 Å². The molecular formula is C14H20N2O2. The molecular weight excluding hydrogens is 228 g/mol. The van der Waals surface area contributed by atoms with Crippen molar-refractivity contribution in [3.63, 3.8) is 0 Å². The second kappa shape index (κ2) is 5.16. The minimum absolute atomic E-state index is 0.311. The van der Waals surface area contributed by atoms with E-state index >= 15 is 0 Å². The molecule has 0 saturated carbocycles. The average Bonchev–Trinajstić information content (AvgIpc) is 2.94. The Morgan fingerprint density at radius 3 is 2.83 bits per heavy atom. The van der Waals surface area contributed by atoms with E-state index in [0.29, 0.717) is 11.8 Å². The number of benzene rings is 1. The molecule has 2 aliphatic heterocycles. The molecule has 4 nitrogen and oxygen atoms in total. The predicted octanol–water partition coefficient (Wildman–Crippen LogP) is 1.65. The first-order valence-corrected chi connectivity index (χ1v) is 6.73. The molecule has 0 aromatic heterocycles. The zero-order valence-corrected chi connectivity index (χ0v) is 10.6. The second-order valence-electron chi connectivity index (χ2n) is 4.99. The minimum Gasteiger partial charge on any atom is -0.508 e. The van der Waals surface area contributed by atoms with Gasteiger partial charge in [-0.2, -0.15) is 0 Å². The number of rotatable bonds is 2. The van der Waals surface area contributed by atoms with Crippen LogP contribution in [0.4, 0.5) is 5.69 Å². The molecule has 0 amide bonds. The van der Waals surface area contributed by atoms with E-state index in [1.54, 1.807) is 0 Å². The van der Waals surface area contributed by atoms with Crippen LogP contribution in [0.1, 0.15) is 24.4 Å². The summed E-state index contributed by atoms with van der Waals surface area (Å²) in [7, 11) is 0. The lowest BCUT2D eigenvalue weighted by Gasteiger charge is -2.29. The van der Waals surface area contributed by atoms with Gasteiger partial charge in [0.25, 0.3) is 0 Å². The van der Waals surface area contributed by atoms with Gasteiger partial charge in [-0.1, -0.05) is 0 Å². The van der Waals surface area contributed by atoms with Crippen LogP contribution in [0.15, 0.2) is 18.2 Å². The first-order chi connectivity index (χ1) is 8.84. The van der Waals surface area contributed by atoms with Crippen LogP contribution < -0.4 is 10.2 Å². The zero-order chi connectivity index (χ0) is 12.4. The van der Waals surface area contributed by atoms with Crippen molar-refractivity contribution in [2.45, 2.75) is 18.9 Å². The molecule has 1 unspecified atom stereocenters. The van der Waals surface area contributed by atoms with Crippen LogP contribution in [-0.4, -0.2) is 38.0 Å². The van der Waals surface area contributed by atoms with Crippen LogP contribution in [0.25, 0.3) is 0 Å². The summed E-state index contributed by atoms with van der Waals surface area (Å²) in [5, 5.41) is 13.5. The van der Waals surface area contributed by atoms with E-state index in [9.17, 15) is 5.11 Å². The van der Waals surface area contributed by atoms with E-state index in [1.165, 1.54) is 12.1 Å². The fraction of sp³-hybridized carbons (Fsp3) is 0.571. The maximum absolute atomic E-state index is 10.0. The van der Waals surface area contributed by atoms with Crippen molar-refractivity contribution < 1.29 is 9.84 Å². The van der Waals surface area contributed by atoms with Crippen LogP contribution in [0.2, 0.25) is 0 Å². The summed E-state index contributed by atoms with van der Waals surface area (Å²) in [6, 6.07) is 6.26. The summed E-state index contributed by atoms with van der Waals surface area (Å²) in [6.07, 6.45) is 2.30. The van der Waals surface area contributed by atoms with Gasteiger partial charge in [-0.05, 0) is 37.6 Å². The predicted molar refractivity (Wildman–Crippen MR) is 71.1 cm³/mol. The largest absolute Gasteiger partial charge is 0.508 e. The number of morpholine rings is 1. The maximum Gasteiger partial charge on any atom is 0.120 e. The van der Waals surface area contributed by atoms with Crippen molar-refractivity contribution in [1.82, 2.24) is 5.32 Å². The SMILES string of the molecule is Oc1ccc(N2CCOCC2)cc1C1CCCN1. The highest BCUT2D eigenvalue weighted by atomic mass is 16.5. The first-order valence-electron chi connectivity index (χ1n) is 6.73. The number of aromatic hydroxyl groups is 1. The van der Waals surface area contributed by atoms with Gasteiger partial charge >= 0.3 is 0 Å². The van der Waals surface area contributed by atoms with Gasteiger partial charge in [0, 0.05) is 30.4 Å². The van der Waals surface area contributed by atoms with E-state index in [1.807, 2.05) is 12.1 Å². The molecule has 0 radical (unpaired) electrons. The third-order valence-corrected chi connectivity index (χ3v) is 3.82. The lowest BCUT2D eigenvalue weighted by Crippen LogP contribution is -2.36. The highest BCUT2D eigenvalue weighted by Gasteiger charge is 2.21. The van der Waals surface area contributed by atoms with Gasteiger partial charge < -0.3 is 20.1 Å². The number of anilines is 1. The van der Waals surface area contributed by atoms with Crippen LogP contribution in [0, 0.1) is 0 Å². The lowest BCUT2D eigenvalue weighted by molar-refractivity contribution is 0.122. The Morgan fingerprint density at radius 2 is 2.11 bits per heavy atom. The fourth-order valence-electron chi connectivity index (χ4n) is 2.79. The van der Waals surface area contributed by atoms with Gasteiger partial charge in [0.05, 0.1) is 13.2 Å². The Bertz CT molecular complexity index is 410. The topological polar surface area (TPSA) is 44.7 Å². The third-order valence-electron chi connectivity index (χ3n) is 3.82. The van der Waals surface area contributed by atoms with Gasteiger partial charge in [0.15, 0.2) is 0 Å². The molecule has 2 heterocycles. The van der Waals surface area contributed by atoms with Crippen molar-refractivity contribution in [2.75, 3.05) is 37.7 Å². The van der Waals surface area contributed by atoms with E-state index in [2.05, 4.69) is 16.3 Å². The van der Waals surface area contributed by atoms with Gasteiger partial charge in [-0.25, -0.2) is 0 Å². The summed E-state index contributed by atoms with van der Waals surface area (Å²) in [5.74, 6) is 0.409. The van der Waals surface area contributed by atoms with Gasteiger partial charge in [-0.3, -0.25) is 0 Å². The number of hydrogen-bond donors (Lipinski definition) is 2. The van der Waals surface area contributed by atoms with Crippen LogP contribution in [-0.2, 0) is 4.74 Å². The van der Waals surface area contributed by atoms with E-state index < -0.39 is 0 Å².